The second-order valence-corrected chi connectivity index (χ2v) is 5.60. The Morgan fingerprint density at radius 1 is 1.15 bits per heavy atom. The highest BCUT2D eigenvalue weighted by Gasteiger charge is 2.27. The first kappa shape index (κ1) is 13.2. The van der Waals surface area contributed by atoms with Crippen molar-refractivity contribution in [2.75, 3.05) is 11.4 Å². The van der Waals surface area contributed by atoms with E-state index in [2.05, 4.69) is 60.4 Å². The molecule has 1 fully saturated rings. The molecule has 0 spiro atoms. The van der Waals surface area contributed by atoms with Gasteiger partial charge in [0, 0.05) is 18.8 Å². The fraction of sp³-hybridized carbons (Fsp3) is 0.333. The summed E-state index contributed by atoms with van der Waals surface area (Å²) < 4.78 is 0. The highest BCUT2D eigenvalue weighted by Crippen LogP contribution is 2.37. The summed E-state index contributed by atoms with van der Waals surface area (Å²) in [5.74, 6) is 0. The third kappa shape index (κ3) is 2.44. The molecular formula is C18H22N2. The monoisotopic (exact) mass is 266 g/mol. The normalized spacial score (nSPS) is 18.5. The van der Waals surface area contributed by atoms with Gasteiger partial charge in [-0.1, -0.05) is 42.5 Å². The molecule has 1 saturated heterocycles. The molecule has 1 aliphatic heterocycles. The van der Waals surface area contributed by atoms with Gasteiger partial charge in [-0.25, -0.2) is 0 Å². The average molecular weight is 266 g/mol. The van der Waals surface area contributed by atoms with Gasteiger partial charge in [0.05, 0.1) is 6.04 Å². The lowest BCUT2D eigenvalue weighted by molar-refractivity contribution is 0.716. The fourth-order valence-corrected chi connectivity index (χ4v) is 3.19. The molecule has 0 bridgehead atoms. The molecule has 1 unspecified atom stereocenters. The molecule has 2 N–H and O–H groups in total. The van der Waals surface area contributed by atoms with E-state index in [-0.39, 0.29) is 0 Å². The Balaban J connectivity index is 1.99. The predicted molar refractivity (Wildman–Crippen MR) is 84.8 cm³/mol. The van der Waals surface area contributed by atoms with Crippen LogP contribution in [0.5, 0.6) is 0 Å². The molecular weight excluding hydrogens is 244 g/mol. The van der Waals surface area contributed by atoms with E-state index in [1.54, 1.807) is 0 Å². The SMILES string of the molecule is Cc1ccc(CN)c(N2CCCC2c2ccccc2)c1. The molecule has 104 valence electrons. The van der Waals surface area contributed by atoms with Crippen LogP contribution in [0, 0.1) is 6.92 Å². The van der Waals surface area contributed by atoms with Crippen LogP contribution >= 0.6 is 0 Å². The van der Waals surface area contributed by atoms with Gasteiger partial charge in [0.15, 0.2) is 0 Å². The lowest BCUT2D eigenvalue weighted by Crippen LogP contribution is -2.24. The Morgan fingerprint density at radius 2 is 1.95 bits per heavy atom. The second kappa shape index (κ2) is 5.68. The summed E-state index contributed by atoms with van der Waals surface area (Å²) in [4.78, 5) is 2.53. The Labute approximate surface area is 121 Å². The van der Waals surface area contributed by atoms with Crippen molar-refractivity contribution in [1.82, 2.24) is 0 Å². The van der Waals surface area contributed by atoms with Crippen molar-refractivity contribution in [3.63, 3.8) is 0 Å². The van der Waals surface area contributed by atoms with Gasteiger partial charge in [0.1, 0.15) is 0 Å². The standard InChI is InChI=1S/C18H22N2/c1-14-9-10-16(13-19)18(12-14)20-11-5-8-17(20)15-6-3-2-4-7-15/h2-4,6-7,9-10,12,17H,5,8,11,13,19H2,1H3. The Kier molecular flexibility index (Phi) is 3.75. The van der Waals surface area contributed by atoms with Crippen molar-refractivity contribution >= 4 is 5.69 Å². The number of anilines is 1. The highest BCUT2D eigenvalue weighted by molar-refractivity contribution is 5.58. The molecule has 2 nitrogen and oxygen atoms in total. The van der Waals surface area contributed by atoms with E-state index < -0.39 is 0 Å². The van der Waals surface area contributed by atoms with Crippen LogP contribution < -0.4 is 10.6 Å². The largest absolute Gasteiger partial charge is 0.364 e. The molecule has 0 radical (unpaired) electrons. The van der Waals surface area contributed by atoms with Crippen molar-refractivity contribution in [2.45, 2.75) is 32.4 Å². The van der Waals surface area contributed by atoms with Crippen LogP contribution in [-0.2, 0) is 6.54 Å². The molecule has 20 heavy (non-hydrogen) atoms. The third-order valence-electron chi connectivity index (χ3n) is 4.21. The molecule has 2 aromatic rings. The minimum Gasteiger partial charge on any atom is -0.364 e. The summed E-state index contributed by atoms with van der Waals surface area (Å²) in [6.07, 6.45) is 2.47. The number of nitrogens with zero attached hydrogens (tertiary/aromatic N) is 1. The third-order valence-corrected chi connectivity index (χ3v) is 4.21. The van der Waals surface area contributed by atoms with E-state index in [9.17, 15) is 0 Å². The smallest absolute Gasteiger partial charge is 0.0543 e. The van der Waals surface area contributed by atoms with Crippen molar-refractivity contribution in [3.05, 3.63) is 65.2 Å². The zero-order chi connectivity index (χ0) is 13.9. The number of nitrogens with two attached hydrogens (primary N) is 1. The zero-order valence-corrected chi connectivity index (χ0v) is 12.0. The molecule has 0 saturated carbocycles. The summed E-state index contributed by atoms with van der Waals surface area (Å²) >= 11 is 0. The van der Waals surface area contributed by atoms with Crippen LogP contribution in [0.25, 0.3) is 0 Å². The molecule has 2 aromatic carbocycles. The zero-order valence-electron chi connectivity index (χ0n) is 12.0. The summed E-state index contributed by atoms with van der Waals surface area (Å²) in [5.41, 5.74) is 11.2. The summed E-state index contributed by atoms with van der Waals surface area (Å²) in [6, 6.07) is 17.9. The Bertz CT molecular complexity index is 577. The van der Waals surface area contributed by atoms with E-state index in [4.69, 9.17) is 5.73 Å². The lowest BCUT2D eigenvalue weighted by Gasteiger charge is -2.29. The van der Waals surface area contributed by atoms with Crippen LogP contribution in [0.2, 0.25) is 0 Å². The van der Waals surface area contributed by atoms with E-state index in [1.807, 2.05) is 0 Å². The van der Waals surface area contributed by atoms with Gasteiger partial charge in [0.2, 0.25) is 0 Å². The van der Waals surface area contributed by atoms with Gasteiger partial charge in [-0.2, -0.15) is 0 Å². The highest BCUT2D eigenvalue weighted by atomic mass is 15.2. The number of rotatable bonds is 3. The first-order chi connectivity index (χ1) is 9.79. The van der Waals surface area contributed by atoms with Crippen LogP contribution in [0.15, 0.2) is 48.5 Å². The number of hydrogen-bond donors (Lipinski definition) is 1. The van der Waals surface area contributed by atoms with Crippen molar-refractivity contribution in [2.24, 2.45) is 5.73 Å². The van der Waals surface area contributed by atoms with Crippen LogP contribution in [0.1, 0.15) is 35.6 Å². The van der Waals surface area contributed by atoms with Crippen LogP contribution in [0.3, 0.4) is 0 Å². The fourth-order valence-electron chi connectivity index (χ4n) is 3.19. The Hall–Kier alpha value is -1.80. The summed E-state index contributed by atoms with van der Waals surface area (Å²) in [6.45, 7) is 3.88. The quantitative estimate of drug-likeness (QED) is 0.915. The number of hydrogen-bond acceptors (Lipinski definition) is 2. The molecule has 3 rings (SSSR count). The summed E-state index contributed by atoms with van der Waals surface area (Å²) in [7, 11) is 0. The van der Waals surface area contributed by atoms with Gasteiger partial charge in [-0.3, -0.25) is 0 Å². The molecule has 1 atom stereocenters. The van der Waals surface area contributed by atoms with Gasteiger partial charge in [-0.05, 0) is 42.5 Å². The first-order valence-corrected chi connectivity index (χ1v) is 7.41. The van der Waals surface area contributed by atoms with Crippen LogP contribution in [-0.4, -0.2) is 6.54 Å². The van der Waals surface area contributed by atoms with E-state index in [0.717, 1.165) is 6.54 Å². The summed E-state index contributed by atoms with van der Waals surface area (Å²) in [5, 5.41) is 0. The van der Waals surface area contributed by atoms with Crippen molar-refractivity contribution < 1.29 is 0 Å². The van der Waals surface area contributed by atoms with Gasteiger partial charge in [-0.15, -0.1) is 0 Å². The van der Waals surface area contributed by atoms with Crippen molar-refractivity contribution in [1.29, 1.82) is 0 Å². The molecule has 1 aliphatic rings. The molecule has 1 heterocycles. The second-order valence-electron chi connectivity index (χ2n) is 5.60. The van der Waals surface area contributed by atoms with Gasteiger partial charge in [0.25, 0.3) is 0 Å². The minimum atomic E-state index is 0.489. The first-order valence-electron chi connectivity index (χ1n) is 7.41. The van der Waals surface area contributed by atoms with Gasteiger partial charge < -0.3 is 10.6 Å². The van der Waals surface area contributed by atoms with E-state index >= 15 is 0 Å². The lowest BCUT2D eigenvalue weighted by atomic mass is 10.0. The maximum atomic E-state index is 5.93. The Morgan fingerprint density at radius 3 is 2.70 bits per heavy atom. The maximum Gasteiger partial charge on any atom is 0.0543 e. The molecule has 2 heteroatoms. The van der Waals surface area contributed by atoms with E-state index in [0.29, 0.717) is 12.6 Å². The van der Waals surface area contributed by atoms with Crippen molar-refractivity contribution in [3.8, 4) is 0 Å². The molecule has 0 aromatic heterocycles. The minimum absolute atomic E-state index is 0.489. The number of aryl methyl sites for hydroxylation is 1. The topological polar surface area (TPSA) is 29.3 Å². The molecule has 0 amide bonds. The predicted octanol–water partition coefficient (Wildman–Crippen LogP) is 3.80. The maximum absolute atomic E-state index is 5.93. The van der Waals surface area contributed by atoms with E-state index in [1.165, 1.54) is 35.2 Å². The average Bonchev–Trinajstić information content (AvgIpc) is 2.97. The van der Waals surface area contributed by atoms with Crippen LogP contribution in [0.4, 0.5) is 5.69 Å². The van der Waals surface area contributed by atoms with Gasteiger partial charge >= 0.3 is 0 Å². The molecule has 0 aliphatic carbocycles. The number of benzene rings is 2.